The molecule has 0 saturated carbocycles. The van der Waals surface area contributed by atoms with Gasteiger partial charge in [0, 0.05) is 6.54 Å². The van der Waals surface area contributed by atoms with Gasteiger partial charge < -0.3 is 10.6 Å². The number of halogens is 1. The van der Waals surface area contributed by atoms with Gasteiger partial charge in [0.2, 0.25) is 0 Å². The molecule has 0 spiro atoms. The van der Waals surface area contributed by atoms with Crippen molar-refractivity contribution in [2.24, 2.45) is 0 Å². The van der Waals surface area contributed by atoms with Crippen molar-refractivity contribution >= 4 is 17.3 Å². The van der Waals surface area contributed by atoms with Crippen LogP contribution in [-0.4, -0.2) is 19.0 Å². The van der Waals surface area contributed by atoms with E-state index in [1.807, 2.05) is 32.3 Å². The number of nitrogens with zero attached hydrogens (tertiary/aromatic N) is 1. The molecule has 0 unspecified atom stereocenters. The zero-order valence-corrected chi connectivity index (χ0v) is 8.10. The van der Waals surface area contributed by atoms with Crippen molar-refractivity contribution in [2.75, 3.05) is 19.8 Å². The SMILES string of the molecule is CN(C)Cc1ccc(N)c(Cl)c1. The van der Waals surface area contributed by atoms with Crippen LogP contribution in [0.2, 0.25) is 5.02 Å². The molecule has 0 amide bonds. The van der Waals surface area contributed by atoms with Gasteiger partial charge in [-0.15, -0.1) is 0 Å². The van der Waals surface area contributed by atoms with Gasteiger partial charge in [-0.05, 0) is 31.8 Å². The number of anilines is 1. The van der Waals surface area contributed by atoms with Crippen LogP contribution in [0.1, 0.15) is 5.56 Å². The average Bonchev–Trinajstić information content (AvgIpc) is 1.96. The lowest BCUT2D eigenvalue weighted by Crippen LogP contribution is -2.10. The van der Waals surface area contributed by atoms with Crippen molar-refractivity contribution in [3.63, 3.8) is 0 Å². The van der Waals surface area contributed by atoms with Crippen LogP contribution in [0.15, 0.2) is 18.2 Å². The second-order valence-corrected chi connectivity index (χ2v) is 3.50. The number of rotatable bonds is 2. The van der Waals surface area contributed by atoms with Gasteiger partial charge in [0.05, 0.1) is 10.7 Å². The third kappa shape index (κ3) is 2.40. The molecule has 12 heavy (non-hydrogen) atoms. The molecule has 0 fully saturated rings. The third-order valence-corrected chi connectivity index (χ3v) is 1.89. The molecule has 0 radical (unpaired) electrons. The largest absolute Gasteiger partial charge is 0.398 e. The molecule has 2 N–H and O–H groups in total. The lowest BCUT2D eigenvalue weighted by atomic mass is 10.2. The molecule has 1 aromatic carbocycles. The van der Waals surface area contributed by atoms with Gasteiger partial charge >= 0.3 is 0 Å². The fraction of sp³-hybridized carbons (Fsp3) is 0.333. The maximum atomic E-state index is 5.85. The molecule has 0 aromatic heterocycles. The van der Waals surface area contributed by atoms with Gasteiger partial charge in [-0.2, -0.15) is 0 Å². The molecule has 3 heteroatoms. The third-order valence-electron chi connectivity index (χ3n) is 1.56. The summed E-state index contributed by atoms with van der Waals surface area (Å²) in [5.74, 6) is 0. The monoisotopic (exact) mass is 184 g/mol. The Bertz CT molecular complexity index is 271. The summed E-state index contributed by atoms with van der Waals surface area (Å²) in [5, 5.41) is 0.634. The Morgan fingerprint density at radius 1 is 1.42 bits per heavy atom. The molecule has 0 heterocycles. The van der Waals surface area contributed by atoms with Crippen molar-refractivity contribution in [1.82, 2.24) is 4.90 Å². The molecule has 0 aliphatic carbocycles. The first-order valence-corrected chi connectivity index (χ1v) is 4.16. The molecule has 2 nitrogen and oxygen atoms in total. The van der Waals surface area contributed by atoms with Crippen LogP contribution in [0.5, 0.6) is 0 Å². The van der Waals surface area contributed by atoms with E-state index in [0.717, 1.165) is 6.54 Å². The van der Waals surface area contributed by atoms with E-state index in [0.29, 0.717) is 10.7 Å². The lowest BCUT2D eigenvalue weighted by molar-refractivity contribution is 0.402. The molecule has 0 aliphatic rings. The Kier molecular flexibility index (Phi) is 2.95. The number of nitrogen functional groups attached to an aromatic ring is 1. The fourth-order valence-electron chi connectivity index (χ4n) is 1.03. The van der Waals surface area contributed by atoms with Crippen molar-refractivity contribution in [2.45, 2.75) is 6.54 Å². The van der Waals surface area contributed by atoms with Gasteiger partial charge in [-0.25, -0.2) is 0 Å². The summed E-state index contributed by atoms with van der Waals surface area (Å²) in [5.41, 5.74) is 7.39. The topological polar surface area (TPSA) is 29.3 Å². The Morgan fingerprint density at radius 3 is 2.58 bits per heavy atom. The Labute approximate surface area is 77.9 Å². The highest BCUT2D eigenvalue weighted by Crippen LogP contribution is 2.19. The molecule has 0 saturated heterocycles. The Hall–Kier alpha value is -0.730. The minimum atomic E-state index is 0.634. The molecule has 1 rings (SSSR count). The predicted molar refractivity (Wildman–Crippen MR) is 53.3 cm³/mol. The van der Waals surface area contributed by atoms with Gasteiger partial charge in [-0.1, -0.05) is 17.7 Å². The minimum absolute atomic E-state index is 0.634. The first-order valence-electron chi connectivity index (χ1n) is 3.78. The standard InChI is InChI=1S/C9H13ClN2/c1-12(2)6-7-3-4-9(11)8(10)5-7/h3-5H,6,11H2,1-2H3. The van der Waals surface area contributed by atoms with E-state index < -0.39 is 0 Å². The second-order valence-electron chi connectivity index (χ2n) is 3.09. The van der Waals surface area contributed by atoms with Gasteiger partial charge in [0.15, 0.2) is 0 Å². The average molecular weight is 185 g/mol. The first-order chi connectivity index (χ1) is 5.59. The van der Waals surface area contributed by atoms with Crippen LogP contribution in [0.4, 0.5) is 5.69 Å². The maximum absolute atomic E-state index is 5.85. The van der Waals surface area contributed by atoms with E-state index in [1.165, 1.54) is 5.56 Å². The Morgan fingerprint density at radius 2 is 2.08 bits per heavy atom. The van der Waals surface area contributed by atoms with Crippen LogP contribution in [0, 0.1) is 0 Å². The molecule has 0 bridgehead atoms. The van der Waals surface area contributed by atoms with Crippen molar-refractivity contribution < 1.29 is 0 Å². The summed E-state index contributed by atoms with van der Waals surface area (Å²) < 4.78 is 0. The van der Waals surface area contributed by atoms with Crippen LogP contribution in [0.3, 0.4) is 0 Å². The van der Waals surface area contributed by atoms with Crippen LogP contribution in [-0.2, 0) is 6.54 Å². The van der Waals surface area contributed by atoms with Gasteiger partial charge in [0.1, 0.15) is 0 Å². The highest BCUT2D eigenvalue weighted by Gasteiger charge is 1.98. The smallest absolute Gasteiger partial charge is 0.0638 e. The molecule has 1 aromatic rings. The summed E-state index contributed by atoms with van der Waals surface area (Å²) in [6.07, 6.45) is 0. The zero-order chi connectivity index (χ0) is 9.14. The summed E-state index contributed by atoms with van der Waals surface area (Å²) in [7, 11) is 4.04. The van der Waals surface area contributed by atoms with Crippen molar-refractivity contribution in [3.05, 3.63) is 28.8 Å². The second kappa shape index (κ2) is 3.78. The van der Waals surface area contributed by atoms with E-state index in [1.54, 1.807) is 0 Å². The molecular formula is C9H13ClN2. The van der Waals surface area contributed by atoms with Crippen LogP contribution in [0.25, 0.3) is 0 Å². The predicted octanol–water partition coefficient (Wildman–Crippen LogP) is 1.98. The summed E-state index contributed by atoms with van der Waals surface area (Å²) in [6, 6.07) is 5.72. The van der Waals surface area contributed by atoms with E-state index in [-0.39, 0.29) is 0 Å². The summed E-state index contributed by atoms with van der Waals surface area (Å²) in [4.78, 5) is 2.09. The maximum Gasteiger partial charge on any atom is 0.0638 e. The van der Waals surface area contributed by atoms with Crippen molar-refractivity contribution in [1.29, 1.82) is 0 Å². The number of benzene rings is 1. The normalized spacial score (nSPS) is 10.7. The van der Waals surface area contributed by atoms with Gasteiger partial charge in [0.25, 0.3) is 0 Å². The van der Waals surface area contributed by atoms with E-state index in [2.05, 4.69) is 4.90 Å². The fourth-order valence-corrected chi connectivity index (χ4v) is 1.24. The van der Waals surface area contributed by atoms with E-state index >= 15 is 0 Å². The van der Waals surface area contributed by atoms with E-state index in [4.69, 9.17) is 17.3 Å². The van der Waals surface area contributed by atoms with Crippen LogP contribution < -0.4 is 5.73 Å². The van der Waals surface area contributed by atoms with Gasteiger partial charge in [-0.3, -0.25) is 0 Å². The summed E-state index contributed by atoms with van der Waals surface area (Å²) in [6.45, 7) is 0.889. The first kappa shape index (κ1) is 9.36. The van der Waals surface area contributed by atoms with E-state index in [9.17, 15) is 0 Å². The summed E-state index contributed by atoms with van der Waals surface area (Å²) >= 11 is 5.85. The highest BCUT2D eigenvalue weighted by atomic mass is 35.5. The molecule has 0 aliphatic heterocycles. The lowest BCUT2D eigenvalue weighted by Gasteiger charge is -2.10. The zero-order valence-electron chi connectivity index (χ0n) is 7.34. The molecule has 0 atom stereocenters. The number of hydrogen-bond donors (Lipinski definition) is 1. The van der Waals surface area contributed by atoms with Crippen molar-refractivity contribution in [3.8, 4) is 0 Å². The quantitative estimate of drug-likeness (QED) is 0.713. The number of nitrogens with two attached hydrogens (primary N) is 1. The highest BCUT2D eigenvalue weighted by molar-refractivity contribution is 6.33. The Balaban J connectivity index is 2.82. The van der Waals surface area contributed by atoms with Crippen LogP contribution >= 0.6 is 11.6 Å². The minimum Gasteiger partial charge on any atom is -0.398 e. The number of hydrogen-bond acceptors (Lipinski definition) is 2. The molecule has 66 valence electrons. The molecular weight excluding hydrogens is 172 g/mol.